The SMILES string of the molecule is CC(C)(O)C(O)Cc1ccc(Cl)c(Cl)c1. The average Bonchev–Trinajstić information content (AvgIpc) is 2.10. The molecule has 1 unspecified atom stereocenters. The van der Waals surface area contributed by atoms with Gasteiger partial charge in [0.25, 0.3) is 0 Å². The highest BCUT2D eigenvalue weighted by Gasteiger charge is 2.24. The van der Waals surface area contributed by atoms with Gasteiger partial charge in [-0.25, -0.2) is 0 Å². The number of benzene rings is 1. The summed E-state index contributed by atoms with van der Waals surface area (Å²) in [7, 11) is 0. The van der Waals surface area contributed by atoms with Crippen molar-refractivity contribution in [1.29, 1.82) is 0 Å². The van der Waals surface area contributed by atoms with E-state index in [4.69, 9.17) is 23.2 Å². The molecule has 0 radical (unpaired) electrons. The second kappa shape index (κ2) is 4.71. The van der Waals surface area contributed by atoms with Crippen LogP contribution in [0.3, 0.4) is 0 Å². The molecule has 0 aliphatic heterocycles. The molecule has 4 heteroatoms. The van der Waals surface area contributed by atoms with E-state index in [9.17, 15) is 10.2 Å². The lowest BCUT2D eigenvalue weighted by atomic mass is 9.95. The van der Waals surface area contributed by atoms with Crippen LogP contribution in [0.15, 0.2) is 18.2 Å². The Bertz CT molecular complexity index is 345. The molecule has 1 atom stereocenters. The summed E-state index contributed by atoms with van der Waals surface area (Å²) in [4.78, 5) is 0. The van der Waals surface area contributed by atoms with Crippen molar-refractivity contribution in [3.63, 3.8) is 0 Å². The summed E-state index contributed by atoms with van der Waals surface area (Å²) in [6, 6.07) is 5.15. The van der Waals surface area contributed by atoms with Gasteiger partial charge >= 0.3 is 0 Å². The van der Waals surface area contributed by atoms with Gasteiger partial charge < -0.3 is 10.2 Å². The van der Waals surface area contributed by atoms with Gasteiger partial charge in [0.2, 0.25) is 0 Å². The fraction of sp³-hybridized carbons (Fsp3) is 0.455. The van der Waals surface area contributed by atoms with E-state index < -0.39 is 11.7 Å². The third-order valence-corrected chi connectivity index (χ3v) is 2.97. The van der Waals surface area contributed by atoms with E-state index in [0.717, 1.165) is 5.56 Å². The molecule has 0 saturated carbocycles. The second-order valence-corrected chi connectivity index (χ2v) is 4.94. The molecule has 0 aliphatic rings. The van der Waals surface area contributed by atoms with E-state index in [1.165, 1.54) is 0 Å². The van der Waals surface area contributed by atoms with Crippen LogP contribution in [0.4, 0.5) is 0 Å². The number of hydrogen-bond acceptors (Lipinski definition) is 2. The molecular weight excluding hydrogens is 235 g/mol. The average molecular weight is 249 g/mol. The van der Waals surface area contributed by atoms with Crippen molar-refractivity contribution in [3.8, 4) is 0 Å². The summed E-state index contributed by atoms with van der Waals surface area (Å²) in [5, 5.41) is 20.2. The first-order chi connectivity index (χ1) is 6.80. The predicted molar refractivity (Wildman–Crippen MR) is 62.5 cm³/mol. The van der Waals surface area contributed by atoms with Crippen LogP contribution in [0.2, 0.25) is 10.0 Å². The highest BCUT2D eigenvalue weighted by atomic mass is 35.5. The molecular formula is C11H14Cl2O2. The van der Waals surface area contributed by atoms with Gasteiger partial charge in [-0.2, -0.15) is 0 Å². The molecule has 0 heterocycles. The number of hydrogen-bond donors (Lipinski definition) is 2. The molecule has 0 fully saturated rings. The Morgan fingerprint density at radius 3 is 2.33 bits per heavy atom. The zero-order chi connectivity index (χ0) is 11.6. The fourth-order valence-electron chi connectivity index (χ4n) is 1.14. The third kappa shape index (κ3) is 3.65. The first kappa shape index (κ1) is 12.8. The third-order valence-electron chi connectivity index (χ3n) is 2.23. The molecule has 0 saturated heterocycles. The second-order valence-electron chi connectivity index (χ2n) is 4.12. The summed E-state index contributed by atoms with van der Waals surface area (Å²) in [6.07, 6.45) is -0.477. The number of halogens is 2. The Balaban J connectivity index is 2.78. The van der Waals surface area contributed by atoms with Gasteiger partial charge in [-0.15, -0.1) is 0 Å². The molecule has 0 aromatic heterocycles. The lowest BCUT2D eigenvalue weighted by Gasteiger charge is -2.24. The van der Waals surface area contributed by atoms with Crippen molar-refractivity contribution < 1.29 is 10.2 Å². The Morgan fingerprint density at radius 2 is 1.87 bits per heavy atom. The molecule has 0 aliphatic carbocycles. The van der Waals surface area contributed by atoms with Crippen LogP contribution in [0.25, 0.3) is 0 Å². The van der Waals surface area contributed by atoms with Crippen LogP contribution >= 0.6 is 23.2 Å². The zero-order valence-electron chi connectivity index (χ0n) is 8.67. The molecule has 15 heavy (non-hydrogen) atoms. The Kier molecular flexibility index (Phi) is 4.01. The molecule has 0 amide bonds. The van der Waals surface area contributed by atoms with Crippen LogP contribution < -0.4 is 0 Å². The highest BCUT2D eigenvalue weighted by molar-refractivity contribution is 6.42. The van der Waals surface area contributed by atoms with E-state index in [2.05, 4.69) is 0 Å². The topological polar surface area (TPSA) is 40.5 Å². The first-order valence-electron chi connectivity index (χ1n) is 4.65. The number of aliphatic hydroxyl groups is 2. The van der Waals surface area contributed by atoms with Crippen LogP contribution in [-0.2, 0) is 6.42 Å². The van der Waals surface area contributed by atoms with Gasteiger partial charge in [-0.3, -0.25) is 0 Å². The van der Waals surface area contributed by atoms with E-state index in [-0.39, 0.29) is 0 Å². The van der Waals surface area contributed by atoms with Crippen LogP contribution in [0, 0.1) is 0 Å². The van der Waals surface area contributed by atoms with Crippen molar-refractivity contribution in [2.45, 2.75) is 32.0 Å². The minimum absolute atomic E-state index is 0.348. The molecule has 1 aromatic carbocycles. The lowest BCUT2D eigenvalue weighted by Crippen LogP contribution is -2.37. The number of rotatable bonds is 3. The van der Waals surface area contributed by atoms with E-state index in [1.807, 2.05) is 0 Å². The van der Waals surface area contributed by atoms with Crippen molar-refractivity contribution in [2.75, 3.05) is 0 Å². The molecule has 0 spiro atoms. The van der Waals surface area contributed by atoms with Crippen molar-refractivity contribution in [3.05, 3.63) is 33.8 Å². The summed E-state index contributed by atoms with van der Waals surface area (Å²) in [6.45, 7) is 3.13. The normalized spacial score (nSPS) is 14.0. The summed E-state index contributed by atoms with van der Waals surface area (Å²) < 4.78 is 0. The predicted octanol–water partition coefficient (Wildman–Crippen LogP) is 2.67. The van der Waals surface area contributed by atoms with Crippen molar-refractivity contribution >= 4 is 23.2 Å². The monoisotopic (exact) mass is 248 g/mol. The molecule has 2 N–H and O–H groups in total. The van der Waals surface area contributed by atoms with Crippen LogP contribution in [0.5, 0.6) is 0 Å². The van der Waals surface area contributed by atoms with Crippen molar-refractivity contribution in [2.24, 2.45) is 0 Å². The Hall–Kier alpha value is -0.280. The van der Waals surface area contributed by atoms with Gasteiger partial charge in [0.15, 0.2) is 0 Å². The van der Waals surface area contributed by atoms with Gasteiger partial charge in [-0.05, 0) is 31.5 Å². The Morgan fingerprint density at radius 1 is 1.27 bits per heavy atom. The molecule has 84 valence electrons. The number of aliphatic hydroxyl groups excluding tert-OH is 1. The Labute approximate surface area is 99.5 Å². The van der Waals surface area contributed by atoms with E-state index in [1.54, 1.807) is 32.0 Å². The summed E-state index contributed by atoms with van der Waals surface area (Å²) in [5.41, 5.74) is -0.273. The minimum Gasteiger partial charge on any atom is -0.390 e. The molecule has 2 nitrogen and oxygen atoms in total. The van der Waals surface area contributed by atoms with Crippen LogP contribution in [-0.4, -0.2) is 21.9 Å². The van der Waals surface area contributed by atoms with E-state index in [0.29, 0.717) is 16.5 Å². The fourth-order valence-corrected chi connectivity index (χ4v) is 1.46. The summed E-state index contributed by atoms with van der Waals surface area (Å²) in [5.74, 6) is 0. The summed E-state index contributed by atoms with van der Waals surface area (Å²) >= 11 is 11.6. The quantitative estimate of drug-likeness (QED) is 0.864. The maximum absolute atomic E-state index is 9.67. The van der Waals surface area contributed by atoms with Gasteiger partial charge in [0.05, 0.1) is 21.8 Å². The minimum atomic E-state index is -1.12. The molecule has 0 bridgehead atoms. The highest BCUT2D eigenvalue weighted by Crippen LogP contribution is 2.24. The maximum Gasteiger partial charge on any atom is 0.0861 e. The van der Waals surface area contributed by atoms with E-state index >= 15 is 0 Å². The van der Waals surface area contributed by atoms with Gasteiger partial charge in [-0.1, -0.05) is 29.3 Å². The zero-order valence-corrected chi connectivity index (χ0v) is 10.2. The molecule has 1 rings (SSSR count). The van der Waals surface area contributed by atoms with Crippen molar-refractivity contribution in [1.82, 2.24) is 0 Å². The smallest absolute Gasteiger partial charge is 0.0861 e. The van der Waals surface area contributed by atoms with Gasteiger partial charge in [0.1, 0.15) is 0 Å². The standard InChI is InChI=1S/C11H14Cl2O2/c1-11(2,15)10(14)6-7-3-4-8(12)9(13)5-7/h3-5,10,14-15H,6H2,1-2H3. The molecule has 1 aromatic rings. The largest absolute Gasteiger partial charge is 0.390 e. The van der Waals surface area contributed by atoms with Gasteiger partial charge in [0, 0.05) is 6.42 Å². The maximum atomic E-state index is 9.67. The van der Waals surface area contributed by atoms with Crippen LogP contribution in [0.1, 0.15) is 19.4 Å². The first-order valence-corrected chi connectivity index (χ1v) is 5.40. The lowest BCUT2D eigenvalue weighted by molar-refractivity contribution is -0.0469.